The molecule has 9 heteroatoms. The summed E-state index contributed by atoms with van der Waals surface area (Å²) in [5, 5.41) is 0. The van der Waals surface area contributed by atoms with Gasteiger partial charge in [0.25, 0.3) is 5.91 Å². The molecule has 1 aliphatic heterocycles. The molecule has 2 aromatic heterocycles. The number of carbonyl (C=O) groups is 1. The zero-order chi connectivity index (χ0) is 22.8. The summed E-state index contributed by atoms with van der Waals surface area (Å²) in [6.07, 6.45) is 1.39. The monoisotopic (exact) mass is 437 g/mol. The number of rotatable bonds is 5. The van der Waals surface area contributed by atoms with Crippen LogP contribution in [0.3, 0.4) is 0 Å². The summed E-state index contributed by atoms with van der Waals surface area (Å²) in [4.78, 5) is 30.2. The van der Waals surface area contributed by atoms with Gasteiger partial charge >= 0.3 is 0 Å². The molecule has 0 N–H and O–H groups in total. The third-order valence-corrected chi connectivity index (χ3v) is 5.36. The van der Waals surface area contributed by atoms with E-state index < -0.39 is 6.10 Å². The van der Waals surface area contributed by atoms with Crippen LogP contribution >= 0.6 is 0 Å². The van der Waals surface area contributed by atoms with E-state index in [0.717, 1.165) is 22.6 Å². The number of carbonyl (C=O) groups excluding carboxylic acids is 1. The summed E-state index contributed by atoms with van der Waals surface area (Å²) in [5.74, 6) is 1.90. The molecule has 4 rings (SSSR count). The number of hydrogen-bond acceptors (Lipinski definition) is 8. The van der Waals surface area contributed by atoms with Crippen LogP contribution in [0.25, 0.3) is 11.1 Å². The molecular weight excluding hydrogens is 410 g/mol. The maximum atomic E-state index is 13.1. The predicted octanol–water partition coefficient (Wildman–Crippen LogP) is 3.04. The minimum Gasteiger partial charge on any atom is -0.497 e. The molecule has 1 saturated heterocycles. The molecule has 1 atom stereocenters. The molecule has 0 unspecified atom stereocenters. The van der Waals surface area contributed by atoms with E-state index in [9.17, 15) is 4.79 Å². The van der Waals surface area contributed by atoms with E-state index in [0.29, 0.717) is 37.2 Å². The van der Waals surface area contributed by atoms with E-state index in [2.05, 4.69) is 9.97 Å². The molecule has 3 aromatic rings. The largest absolute Gasteiger partial charge is 0.497 e. The van der Waals surface area contributed by atoms with E-state index in [1.807, 2.05) is 43.3 Å². The number of amides is 1. The maximum Gasteiger partial charge on any atom is 0.291 e. The van der Waals surface area contributed by atoms with Crippen molar-refractivity contribution in [3.63, 3.8) is 0 Å². The van der Waals surface area contributed by atoms with Crippen molar-refractivity contribution in [2.45, 2.75) is 20.0 Å². The Morgan fingerprint density at radius 1 is 1.19 bits per heavy atom. The van der Waals surface area contributed by atoms with Crippen LogP contribution in [0, 0.1) is 13.8 Å². The Morgan fingerprint density at radius 3 is 2.56 bits per heavy atom. The maximum absolute atomic E-state index is 13.1. The number of methoxy groups -OCH3 is 1. The Labute approximate surface area is 187 Å². The van der Waals surface area contributed by atoms with Crippen molar-refractivity contribution in [2.24, 2.45) is 0 Å². The van der Waals surface area contributed by atoms with Gasteiger partial charge in [0, 0.05) is 39.3 Å². The number of aryl methyl sites for hydroxylation is 2. The molecule has 0 bridgehead atoms. The van der Waals surface area contributed by atoms with Crippen LogP contribution in [0.15, 0.2) is 34.9 Å². The van der Waals surface area contributed by atoms with Gasteiger partial charge in [0.1, 0.15) is 11.9 Å². The minimum atomic E-state index is -0.407. The van der Waals surface area contributed by atoms with Gasteiger partial charge in [0.15, 0.2) is 5.89 Å². The molecule has 1 aliphatic rings. The van der Waals surface area contributed by atoms with E-state index in [1.165, 1.54) is 0 Å². The lowest BCUT2D eigenvalue weighted by Crippen LogP contribution is -2.42. The van der Waals surface area contributed by atoms with Gasteiger partial charge in [0.2, 0.25) is 11.7 Å². The van der Waals surface area contributed by atoms with Gasteiger partial charge in [-0.15, -0.1) is 0 Å². The van der Waals surface area contributed by atoms with Crippen molar-refractivity contribution < 1.29 is 18.7 Å². The fourth-order valence-electron chi connectivity index (χ4n) is 3.71. The van der Waals surface area contributed by atoms with Crippen LogP contribution in [0.4, 0.5) is 5.95 Å². The van der Waals surface area contributed by atoms with Crippen LogP contribution in [0.2, 0.25) is 0 Å². The lowest BCUT2D eigenvalue weighted by molar-refractivity contribution is -0.0254. The SMILES string of the molecule is COc1ccc(-c2cnc(N(C)C)nc2[C@H]2CN(C(=O)c3oc(C)nc3C)CCO2)cc1. The first-order valence-corrected chi connectivity index (χ1v) is 10.4. The zero-order valence-corrected chi connectivity index (χ0v) is 19.0. The van der Waals surface area contributed by atoms with Crippen LogP contribution in [-0.4, -0.2) is 66.7 Å². The third-order valence-electron chi connectivity index (χ3n) is 5.36. The number of nitrogens with zero attached hydrogens (tertiary/aromatic N) is 5. The first-order chi connectivity index (χ1) is 15.4. The van der Waals surface area contributed by atoms with Crippen LogP contribution in [-0.2, 0) is 4.74 Å². The summed E-state index contributed by atoms with van der Waals surface area (Å²) in [6, 6.07) is 7.71. The van der Waals surface area contributed by atoms with Crippen LogP contribution in [0.1, 0.15) is 33.9 Å². The van der Waals surface area contributed by atoms with Crippen molar-refractivity contribution in [2.75, 3.05) is 45.8 Å². The van der Waals surface area contributed by atoms with Gasteiger partial charge in [-0.3, -0.25) is 4.79 Å². The Morgan fingerprint density at radius 2 is 1.94 bits per heavy atom. The summed E-state index contributed by atoms with van der Waals surface area (Å²) >= 11 is 0. The minimum absolute atomic E-state index is 0.190. The molecule has 9 nitrogen and oxygen atoms in total. The highest BCUT2D eigenvalue weighted by Gasteiger charge is 2.31. The number of hydrogen-bond donors (Lipinski definition) is 0. The Balaban J connectivity index is 1.68. The topological polar surface area (TPSA) is 93.8 Å². The highest BCUT2D eigenvalue weighted by atomic mass is 16.5. The fourth-order valence-corrected chi connectivity index (χ4v) is 3.71. The Hall–Kier alpha value is -3.46. The van der Waals surface area contributed by atoms with Crippen molar-refractivity contribution in [1.29, 1.82) is 0 Å². The number of ether oxygens (including phenoxy) is 2. The first kappa shape index (κ1) is 21.8. The molecule has 0 saturated carbocycles. The molecule has 1 fully saturated rings. The number of aromatic nitrogens is 3. The Bertz CT molecular complexity index is 1110. The molecule has 3 heterocycles. The highest BCUT2D eigenvalue weighted by Crippen LogP contribution is 2.33. The summed E-state index contributed by atoms with van der Waals surface area (Å²) < 4.78 is 16.9. The van der Waals surface area contributed by atoms with E-state index in [1.54, 1.807) is 32.1 Å². The van der Waals surface area contributed by atoms with Crippen LogP contribution in [0.5, 0.6) is 5.75 Å². The quantitative estimate of drug-likeness (QED) is 0.601. The molecule has 0 radical (unpaired) electrons. The average molecular weight is 438 g/mol. The third kappa shape index (κ3) is 4.29. The molecule has 0 spiro atoms. The van der Waals surface area contributed by atoms with Gasteiger partial charge in [-0.25, -0.2) is 15.0 Å². The van der Waals surface area contributed by atoms with Gasteiger partial charge in [-0.1, -0.05) is 12.1 Å². The molecule has 0 aliphatic carbocycles. The second-order valence-electron chi connectivity index (χ2n) is 7.85. The summed E-state index contributed by atoms with van der Waals surface area (Å²) in [6.45, 7) is 4.73. The fraction of sp³-hybridized carbons (Fsp3) is 0.391. The number of oxazole rings is 1. The average Bonchev–Trinajstić information content (AvgIpc) is 3.16. The standard InChI is InChI=1S/C23H27N5O4/c1-14-21(32-15(2)25-14)22(29)28-10-11-31-19(13-28)20-18(12-24-23(26-20)27(3)4)16-6-8-17(30-5)9-7-16/h6-9,12,19H,10-11,13H2,1-5H3/t19-/m1/s1. The lowest BCUT2D eigenvalue weighted by Gasteiger charge is -2.33. The Kier molecular flexibility index (Phi) is 6.09. The molecule has 32 heavy (non-hydrogen) atoms. The van der Waals surface area contributed by atoms with E-state index >= 15 is 0 Å². The molecule has 168 valence electrons. The van der Waals surface area contributed by atoms with Crippen molar-refractivity contribution in [3.05, 3.63) is 53.5 Å². The second kappa shape index (κ2) is 8.96. The summed E-state index contributed by atoms with van der Waals surface area (Å²) in [5.41, 5.74) is 3.12. The van der Waals surface area contributed by atoms with Gasteiger partial charge in [0.05, 0.1) is 31.6 Å². The molecular formula is C23H27N5O4. The number of benzene rings is 1. The normalized spacial score (nSPS) is 16.2. The summed E-state index contributed by atoms with van der Waals surface area (Å²) in [7, 11) is 5.41. The predicted molar refractivity (Wildman–Crippen MR) is 119 cm³/mol. The first-order valence-electron chi connectivity index (χ1n) is 10.4. The van der Waals surface area contributed by atoms with Gasteiger partial charge in [-0.2, -0.15) is 0 Å². The smallest absolute Gasteiger partial charge is 0.291 e. The molecule has 1 aromatic carbocycles. The molecule has 1 amide bonds. The zero-order valence-electron chi connectivity index (χ0n) is 19.0. The van der Waals surface area contributed by atoms with E-state index in [-0.39, 0.29) is 11.7 Å². The lowest BCUT2D eigenvalue weighted by atomic mass is 10.0. The van der Waals surface area contributed by atoms with Gasteiger partial charge < -0.3 is 23.7 Å². The highest BCUT2D eigenvalue weighted by molar-refractivity contribution is 5.92. The number of anilines is 1. The van der Waals surface area contributed by atoms with E-state index in [4.69, 9.17) is 18.9 Å². The number of morpholine rings is 1. The van der Waals surface area contributed by atoms with Crippen molar-refractivity contribution in [1.82, 2.24) is 19.9 Å². The van der Waals surface area contributed by atoms with Gasteiger partial charge in [-0.05, 0) is 24.6 Å². The van der Waals surface area contributed by atoms with Crippen molar-refractivity contribution >= 4 is 11.9 Å². The van der Waals surface area contributed by atoms with Crippen LogP contribution < -0.4 is 9.64 Å². The second-order valence-corrected chi connectivity index (χ2v) is 7.85. The van der Waals surface area contributed by atoms with Crippen molar-refractivity contribution in [3.8, 4) is 16.9 Å².